The average molecular weight is 223 g/mol. The van der Waals surface area contributed by atoms with E-state index in [2.05, 4.69) is 36.1 Å². The standard InChI is InChI=1S/C12H21N3O/c1-12(2,3)8-10-7-11(15-9-14-10)13-5-4-6-16/h7,9,16H,4-6,8H2,1-3H3,(H,13,14,15). The Balaban J connectivity index is 2.57. The number of hydrogen-bond donors (Lipinski definition) is 2. The SMILES string of the molecule is CC(C)(C)Cc1cc(NCCCO)ncn1. The van der Waals surface area contributed by atoms with Gasteiger partial charge in [-0.3, -0.25) is 0 Å². The van der Waals surface area contributed by atoms with Crippen molar-refractivity contribution < 1.29 is 5.11 Å². The van der Waals surface area contributed by atoms with Crippen molar-refractivity contribution in [3.63, 3.8) is 0 Å². The van der Waals surface area contributed by atoms with E-state index in [1.54, 1.807) is 6.33 Å². The van der Waals surface area contributed by atoms with Crippen molar-refractivity contribution in [3.05, 3.63) is 18.1 Å². The van der Waals surface area contributed by atoms with Crippen LogP contribution in [0.3, 0.4) is 0 Å². The van der Waals surface area contributed by atoms with Gasteiger partial charge in [-0.25, -0.2) is 9.97 Å². The summed E-state index contributed by atoms with van der Waals surface area (Å²) in [6.45, 7) is 7.51. The molecule has 0 radical (unpaired) electrons. The van der Waals surface area contributed by atoms with Crippen molar-refractivity contribution in [3.8, 4) is 0 Å². The lowest BCUT2D eigenvalue weighted by Crippen LogP contribution is -2.12. The number of nitrogens with one attached hydrogen (secondary N) is 1. The Morgan fingerprint density at radius 2 is 2.06 bits per heavy atom. The molecule has 1 rings (SSSR count). The highest BCUT2D eigenvalue weighted by molar-refractivity contribution is 5.34. The molecule has 1 heterocycles. The van der Waals surface area contributed by atoms with Gasteiger partial charge in [0.05, 0.1) is 0 Å². The Morgan fingerprint density at radius 1 is 1.31 bits per heavy atom. The third kappa shape index (κ3) is 5.07. The molecule has 90 valence electrons. The van der Waals surface area contributed by atoms with E-state index in [9.17, 15) is 0 Å². The van der Waals surface area contributed by atoms with E-state index in [1.807, 2.05) is 6.07 Å². The molecule has 16 heavy (non-hydrogen) atoms. The maximum atomic E-state index is 8.68. The Morgan fingerprint density at radius 3 is 2.69 bits per heavy atom. The zero-order valence-corrected chi connectivity index (χ0v) is 10.3. The van der Waals surface area contributed by atoms with Crippen LogP contribution in [-0.2, 0) is 6.42 Å². The van der Waals surface area contributed by atoms with Crippen LogP contribution in [0.2, 0.25) is 0 Å². The molecule has 1 aromatic rings. The zero-order valence-electron chi connectivity index (χ0n) is 10.3. The van der Waals surface area contributed by atoms with E-state index in [0.717, 1.165) is 30.9 Å². The molecule has 0 aromatic carbocycles. The minimum atomic E-state index is 0.201. The molecule has 0 fully saturated rings. The van der Waals surface area contributed by atoms with Crippen molar-refractivity contribution >= 4 is 5.82 Å². The number of anilines is 1. The molecular weight excluding hydrogens is 202 g/mol. The minimum absolute atomic E-state index is 0.201. The summed E-state index contributed by atoms with van der Waals surface area (Å²) >= 11 is 0. The van der Waals surface area contributed by atoms with E-state index in [0.29, 0.717) is 0 Å². The van der Waals surface area contributed by atoms with Gasteiger partial charge in [0, 0.05) is 24.9 Å². The van der Waals surface area contributed by atoms with Crippen LogP contribution in [0.25, 0.3) is 0 Å². The van der Waals surface area contributed by atoms with Crippen LogP contribution in [0.5, 0.6) is 0 Å². The summed E-state index contributed by atoms with van der Waals surface area (Å²) in [5.74, 6) is 0.836. The van der Waals surface area contributed by atoms with Crippen molar-refractivity contribution in [2.75, 3.05) is 18.5 Å². The Labute approximate surface area is 97.1 Å². The molecule has 0 atom stereocenters. The quantitative estimate of drug-likeness (QED) is 0.748. The smallest absolute Gasteiger partial charge is 0.129 e. The fraction of sp³-hybridized carbons (Fsp3) is 0.667. The van der Waals surface area contributed by atoms with Gasteiger partial charge in [-0.15, -0.1) is 0 Å². The molecule has 4 nitrogen and oxygen atoms in total. The van der Waals surface area contributed by atoms with Crippen molar-refractivity contribution in [1.82, 2.24) is 9.97 Å². The molecular formula is C12H21N3O. The summed E-state index contributed by atoms with van der Waals surface area (Å²) in [6.07, 6.45) is 3.26. The first-order valence-corrected chi connectivity index (χ1v) is 5.67. The first-order valence-electron chi connectivity index (χ1n) is 5.67. The minimum Gasteiger partial charge on any atom is -0.396 e. The number of aromatic nitrogens is 2. The highest BCUT2D eigenvalue weighted by atomic mass is 16.3. The monoisotopic (exact) mass is 223 g/mol. The highest BCUT2D eigenvalue weighted by Gasteiger charge is 2.12. The fourth-order valence-electron chi connectivity index (χ4n) is 1.43. The summed E-state index contributed by atoms with van der Waals surface area (Å²) in [7, 11) is 0. The van der Waals surface area contributed by atoms with Gasteiger partial charge < -0.3 is 10.4 Å². The lowest BCUT2D eigenvalue weighted by Gasteiger charge is -2.17. The molecule has 1 aromatic heterocycles. The van der Waals surface area contributed by atoms with E-state index < -0.39 is 0 Å². The first-order chi connectivity index (χ1) is 7.51. The summed E-state index contributed by atoms with van der Waals surface area (Å²) in [6, 6.07) is 1.97. The maximum absolute atomic E-state index is 8.68. The molecule has 0 aliphatic heterocycles. The zero-order chi connectivity index (χ0) is 12.0. The predicted octanol–water partition coefficient (Wildman–Crippen LogP) is 1.86. The van der Waals surface area contributed by atoms with Crippen LogP contribution >= 0.6 is 0 Å². The van der Waals surface area contributed by atoms with E-state index in [1.165, 1.54) is 0 Å². The van der Waals surface area contributed by atoms with Crippen LogP contribution < -0.4 is 5.32 Å². The molecule has 0 saturated heterocycles. The molecule has 0 spiro atoms. The van der Waals surface area contributed by atoms with E-state index in [4.69, 9.17) is 5.11 Å². The first kappa shape index (κ1) is 12.9. The van der Waals surface area contributed by atoms with Crippen LogP contribution in [0.15, 0.2) is 12.4 Å². The topological polar surface area (TPSA) is 58.0 Å². The molecule has 0 aliphatic carbocycles. The van der Waals surface area contributed by atoms with Crippen LogP contribution in [-0.4, -0.2) is 28.2 Å². The Hall–Kier alpha value is -1.16. The van der Waals surface area contributed by atoms with Gasteiger partial charge in [0.15, 0.2) is 0 Å². The lowest BCUT2D eigenvalue weighted by molar-refractivity contribution is 0.292. The Kier molecular flexibility index (Phi) is 4.68. The average Bonchev–Trinajstić information content (AvgIpc) is 2.16. The van der Waals surface area contributed by atoms with Gasteiger partial charge in [0.1, 0.15) is 12.1 Å². The number of nitrogens with zero attached hydrogens (tertiary/aromatic N) is 2. The number of aliphatic hydroxyl groups excluding tert-OH is 1. The Bertz CT molecular complexity index is 320. The highest BCUT2D eigenvalue weighted by Crippen LogP contribution is 2.19. The normalized spacial score (nSPS) is 11.5. The molecule has 0 bridgehead atoms. The summed E-state index contributed by atoms with van der Waals surface area (Å²) < 4.78 is 0. The second-order valence-electron chi connectivity index (χ2n) is 5.14. The molecule has 4 heteroatoms. The molecule has 0 aliphatic rings. The van der Waals surface area contributed by atoms with Crippen molar-refractivity contribution in [2.24, 2.45) is 5.41 Å². The van der Waals surface area contributed by atoms with Gasteiger partial charge in [0.25, 0.3) is 0 Å². The van der Waals surface area contributed by atoms with Gasteiger partial charge in [0.2, 0.25) is 0 Å². The molecule has 2 N–H and O–H groups in total. The summed E-state index contributed by atoms with van der Waals surface area (Å²) in [4.78, 5) is 8.39. The van der Waals surface area contributed by atoms with Crippen molar-refractivity contribution in [1.29, 1.82) is 0 Å². The van der Waals surface area contributed by atoms with Gasteiger partial charge in [-0.05, 0) is 18.3 Å². The maximum Gasteiger partial charge on any atom is 0.129 e. The predicted molar refractivity (Wildman–Crippen MR) is 65.4 cm³/mol. The number of hydrogen-bond acceptors (Lipinski definition) is 4. The van der Waals surface area contributed by atoms with E-state index in [-0.39, 0.29) is 12.0 Å². The summed E-state index contributed by atoms with van der Waals surface area (Å²) in [5.41, 5.74) is 1.28. The third-order valence-corrected chi connectivity index (χ3v) is 2.08. The lowest BCUT2D eigenvalue weighted by atomic mass is 9.90. The van der Waals surface area contributed by atoms with Gasteiger partial charge in [-0.1, -0.05) is 20.8 Å². The van der Waals surface area contributed by atoms with Crippen molar-refractivity contribution in [2.45, 2.75) is 33.6 Å². The largest absolute Gasteiger partial charge is 0.396 e. The molecule has 0 saturated carbocycles. The second-order valence-corrected chi connectivity index (χ2v) is 5.14. The van der Waals surface area contributed by atoms with Crippen LogP contribution in [0, 0.1) is 5.41 Å². The van der Waals surface area contributed by atoms with Gasteiger partial charge in [-0.2, -0.15) is 0 Å². The van der Waals surface area contributed by atoms with Crippen LogP contribution in [0.1, 0.15) is 32.9 Å². The molecule has 0 amide bonds. The van der Waals surface area contributed by atoms with Crippen LogP contribution in [0.4, 0.5) is 5.82 Å². The van der Waals surface area contributed by atoms with Gasteiger partial charge >= 0.3 is 0 Å². The number of rotatable bonds is 5. The molecule has 0 unspecified atom stereocenters. The number of aliphatic hydroxyl groups is 1. The third-order valence-electron chi connectivity index (χ3n) is 2.08. The second kappa shape index (κ2) is 5.80. The van der Waals surface area contributed by atoms with E-state index >= 15 is 0 Å². The summed E-state index contributed by atoms with van der Waals surface area (Å²) in [5, 5.41) is 11.8. The fourth-order valence-corrected chi connectivity index (χ4v) is 1.43.